The molecule has 6 heteroatoms. The topological polar surface area (TPSA) is 63.1 Å². The highest BCUT2D eigenvalue weighted by Crippen LogP contribution is 2.23. The second-order valence-electron chi connectivity index (χ2n) is 5.64. The van der Waals surface area contributed by atoms with E-state index in [4.69, 9.17) is 0 Å². The molecule has 0 radical (unpaired) electrons. The molecule has 0 bridgehead atoms. The Morgan fingerprint density at radius 3 is 2.82 bits per heavy atom. The summed E-state index contributed by atoms with van der Waals surface area (Å²) in [5.41, 5.74) is 1.99. The van der Waals surface area contributed by atoms with Crippen molar-refractivity contribution in [3.8, 4) is 0 Å². The minimum absolute atomic E-state index is 0.0960. The number of aromatic nitrogens is 3. The van der Waals surface area contributed by atoms with Gasteiger partial charge in [-0.3, -0.25) is 4.79 Å². The Kier molecular flexibility index (Phi) is 4.37. The fourth-order valence-electron chi connectivity index (χ4n) is 2.72. The Labute approximate surface area is 130 Å². The highest BCUT2D eigenvalue weighted by molar-refractivity contribution is 5.93. The zero-order valence-corrected chi connectivity index (χ0v) is 12.8. The number of nitrogens with one attached hydrogen (secondary N) is 1. The molecule has 0 aliphatic carbocycles. The van der Waals surface area contributed by atoms with Crippen LogP contribution in [0, 0.1) is 0 Å². The third-order valence-electron chi connectivity index (χ3n) is 4.05. The van der Waals surface area contributed by atoms with Gasteiger partial charge < -0.3 is 10.2 Å². The molecule has 1 aliphatic rings. The quantitative estimate of drug-likeness (QED) is 0.942. The summed E-state index contributed by atoms with van der Waals surface area (Å²) < 4.78 is 1.55. The van der Waals surface area contributed by atoms with E-state index in [0.717, 1.165) is 18.8 Å². The smallest absolute Gasteiger partial charge is 0.249 e. The van der Waals surface area contributed by atoms with Crippen molar-refractivity contribution in [3.05, 3.63) is 36.9 Å². The van der Waals surface area contributed by atoms with Gasteiger partial charge in [-0.05, 0) is 44.4 Å². The highest BCUT2D eigenvalue weighted by atomic mass is 16.2. The second kappa shape index (κ2) is 6.60. The average molecular weight is 299 g/mol. The van der Waals surface area contributed by atoms with Crippen LogP contribution in [0.3, 0.4) is 0 Å². The van der Waals surface area contributed by atoms with Crippen molar-refractivity contribution >= 4 is 17.3 Å². The van der Waals surface area contributed by atoms with Gasteiger partial charge in [0, 0.05) is 24.5 Å². The summed E-state index contributed by atoms with van der Waals surface area (Å²) in [7, 11) is 0. The van der Waals surface area contributed by atoms with Crippen molar-refractivity contribution in [1.29, 1.82) is 0 Å². The first-order chi connectivity index (χ1) is 10.7. The normalized spacial score (nSPS) is 16.3. The fourth-order valence-corrected chi connectivity index (χ4v) is 2.72. The lowest BCUT2D eigenvalue weighted by Crippen LogP contribution is -2.29. The number of rotatable bonds is 4. The standard InChI is InChI=1S/C16H21N5O/c1-13(21-12-17-11-18-21)16(22)19-14-6-5-7-15(10-14)20-8-3-2-4-9-20/h5-7,10-13H,2-4,8-9H2,1H3,(H,19,22)/t13-/m0/s1. The molecule has 1 aromatic heterocycles. The van der Waals surface area contributed by atoms with Crippen molar-refractivity contribution in [2.24, 2.45) is 0 Å². The number of anilines is 2. The molecule has 1 atom stereocenters. The summed E-state index contributed by atoms with van der Waals surface area (Å²) >= 11 is 0. The second-order valence-corrected chi connectivity index (χ2v) is 5.64. The SMILES string of the molecule is C[C@@H](C(=O)Nc1cccc(N2CCCCC2)c1)n1cncn1. The molecule has 1 amide bonds. The Morgan fingerprint density at radius 2 is 2.09 bits per heavy atom. The zero-order chi connectivity index (χ0) is 15.4. The van der Waals surface area contributed by atoms with Crippen LogP contribution in [0.4, 0.5) is 11.4 Å². The van der Waals surface area contributed by atoms with E-state index >= 15 is 0 Å². The van der Waals surface area contributed by atoms with E-state index in [1.54, 1.807) is 17.9 Å². The lowest BCUT2D eigenvalue weighted by molar-refractivity contribution is -0.119. The van der Waals surface area contributed by atoms with E-state index in [2.05, 4.69) is 26.4 Å². The van der Waals surface area contributed by atoms with Crippen LogP contribution in [0.25, 0.3) is 0 Å². The number of hydrogen-bond donors (Lipinski definition) is 1. The first kappa shape index (κ1) is 14.6. The van der Waals surface area contributed by atoms with E-state index in [-0.39, 0.29) is 11.9 Å². The van der Waals surface area contributed by atoms with Gasteiger partial charge in [0.1, 0.15) is 18.7 Å². The maximum atomic E-state index is 12.3. The van der Waals surface area contributed by atoms with Crippen molar-refractivity contribution in [3.63, 3.8) is 0 Å². The monoisotopic (exact) mass is 299 g/mol. The third-order valence-corrected chi connectivity index (χ3v) is 4.05. The lowest BCUT2D eigenvalue weighted by atomic mass is 10.1. The van der Waals surface area contributed by atoms with Crippen molar-refractivity contribution in [1.82, 2.24) is 14.8 Å². The van der Waals surface area contributed by atoms with Crippen LogP contribution in [0.15, 0.2) is 36.9 Å². The molecule has 1 saturated heterocycles. The molecule has 116 valence electrons. The predicted octanol–water partition coefficient (Wildman–Crippen LogP) is 2.47. The third kappa shape index (κ3) is 3.27. The molecule has 3 rings (SSSR count). The molecule has 22 heavy (non-hydrogen) atoms. The zero-order valence-electron chi connectivity index (χ0n) is 12.8. The highest BCUT2D eigenvalue weighted by Gasteiger charge is 2.16. The van der Waals surface area contributed by atoms with Crippen LogP contribution in [0.2, 0.25) is 0 Å². The minimum atomic E-state index is -0.388. The lowest BCUT2D eigenvalue weighted by Gasteiger charge is -2.29. The Balaban J connectivity index is 1.68. The molecule has 1 N–H and O–H groups in total. The van der Waals surface area contributed by atoms with Gasteiger partial charge >= 0.3 is 0 Å². The van der Waals surface area contributed by atoms with E-state index in [1.165, 1.54) is 31.3 Å². The van der Waals surface area contributed by atoms with Crippen molar-refractivity contribution < 1.29 is 4.79 Å². The minimum Gasteiger partial charge on any atom is -0.371 e. The number of carbonyl (C=O) groups is 1. The molecule has 1 aliphatic heterocycles. The van der Waals surface area contributed by atoms with Gasteiger partial charge in [0.15, 0.2) is 0 Å². The molecule has 1 aromatic carbocycles. The van der Waals surface area contributed by atoms with E-state index in [0.29, 0.717) is 0 Å². The molecular formula is C16H21N5O. The van der Waals surface area contributed by atoms with Crippen LogP contribution in [-0.2, 0) is 4.79 Å². The number of nitrogens with zero attached hydrogens (tertiary/aromatic N) is 4. The number of piperidine rings is 1. The molecule has 2 aromatic rings. The van der Waals surface area contributed by atoms with Gasteiger partial charge in [-0.15, -0.1) is 0 Å². The largest absolute Gasteiger partial charge is 0.371 e. The van der Waals surface area contributed by atoms with Gasteiger partial charge in [-0.2, -0.15) is 5.10 Å². The van der Waals surface area contributed by atoms with Crippen LogP contribution < -0.4 is 10.2 Å². The maximum absolute atomic E-state index is 12.3. The molecule has 0 unspecified atom stereocenters. The molecule has 0 saturated carbocycles. The Bertz CT molecular complexity index is 619. The number of benzene rings is 1. The van der Waals surface area contributed by atoms with Crippen LogP contribution >= 0.6 is 0 Å². The molecule has 1 fully saturated rings. The number of amides is 1. The fraction of sp³-hybridized carbons (Fsp3) is 0.438. The van der Waals surface area contributed by atoms with Gasteiger partial charge in [0.05, 0.1) is 0 Å². The first-order valence-electron chi connectivity index (χ1n) is 7.74. The van der Waals surface area contributed by atoms with Crippen molar-refractivity contribution in [2.75, 3.05) is 23.3 Å². The van der Waals surface area contributed by atoms with Crippen LogP contribution in [0.1, 0.15) is 32.2 Å². The summed E-state index contributed by atoms with van der Waals surface area (Å²) in [5.74, 6) is -0.0960. The van der Waals surface area contributed by atoms with Gasteiger partial charge in [-0.25, -0.2) is 9.67 Å². The molecule has 0 spiro atoms. The molecular weight excluding hydrogens is 278 g/mol. The van der Waals surface area contributed by atoms with E-state index in [1.807, 2.05) is 18.2 Å². The number of hydrogen-bond acceptors (Lipinski definition) is 4. The summed E-state index contributed by atoms with van der Waals surface area (Å²) in [6, 6.07) is 7.65. The van der Waals surface area contributed by atoms with Gasteiger partial charge in [0.25, 0.3) is 0 Å². The van der Waals surface area contributed by atoms with Crippen molar-refractivity contribution in [2.45, 2.75) is 32.2 Å². The Hall–Kier alpha value is -2.37. The summed E-state index contributed by atoms with van der Waals surface area (Å²) in [4.78, 5) is 18.5. The Morgan fingerprint density at radius 1 is 1.27 bits per heavy atom. The average Bonchev–Trinajstić information content (AvgIpc) is 3.09. The van der Waals surface area contributed by atoms with Crippen LogP contribution in [-0.4, -0.2) is 33.8 Å². The van der Waals surface area contributed by atoms with Gasteiger partial charge in [-0.1, -0.05) is 6.07 Å². The number of carbonyl (C=O) groups excluding carboxylic acids is 1. The maximum Gasteiger partial charge on any atom is 0.249 e. The van der Waals surface area contributed by atoms with E-state index in [9.17, 15) is 4.79 Å². The summed E-state index contributed by atoms with van der Waals surface area (Å²) in [6.07, 6.45) is 6.76. The molecule has 6 nitrogen and oxygen atoms in total. The summed E-state index contributed by atoms with van der Waals surface area (Å²) in [6.45, 7) is 3.98. The van der Waals surface area contributed by atoms with Gasteiger partial charge in [0.2, 0.25) is 5.91 Å². The predicted molar refractivity (Wildman–Crippen MR) is 85.9 cm³/mol. The first-order valence-corrected chi connectivity index (χ1v) is 7.74. The van der Waals surface area contributed by atoms with Crippen LogP contribution in [0.5, 0.6) is 0 Å². The summed E-state index contributed by atoms with van der Waals surface area (Å²) in [5, 5.41) is 6.96. The molecule has 2 heterocycles. The van der Waals surface area contributed by atoms with E-state index < -0.39 is 0 Å².